The van der Waals surface area contributed by atoms with E-state index in [1.807, 2.05) is 13.0 Å². The Labute approximate surface area is 75.2 Å². The van der Waals surface area contributed by atoms with Gasteiger partial charge in [-0.05, 0) is 24.6 Å². The first-order chi connectivity index (χ1) is 5.15. The standard InChI is InChI=1S/C8H5Cl2N/c1-5-2-6(4-11)3-7(9)8(5)10/h2-3H,1H3. The van der Waals surface area contributed by atoms with Gasteiger partial charge in [0.05, 0.1) is 21.7 Å². The summed E-state index contributed by atoms with van der Waals surface area (Å²) in [5.41, 5.74) is 1.37. The molecular weight excluding hydrogens is 181 g/mol. The summed E-state index contributed by atoms with van der Waals surface area (Å²) in [5, 5.41) is 9.48. The van der Waals surface area contributed by atoms with Crippen LogP contribution in [0.1, 0.15) is 11.1 Å². The van der Waals surface area contributed by atoms with Gasteiger partial charge in [0, 0.05) is 0 Å². The number of hydrogen-bond acceptors (Lipinski definition) is 1. The van der Waals surface area contributed by atoms with E-state index in [9.17, 15) is 0 Å². The molecule has 0 aromatic heterocycles. The van der Waals surface area contributed by atoms with Gasteiger partial charge in [-0.2, -0.15) is 5.26 Å². The zero-order valence-corrected chi connectivity index (χ0v) is 7.37. The number of nitrogens with zero attached hydrogens (tertiary/aromatic N) is 1. The minimum atomic E-state index is 0.434. The predicted molar refractivity (Wildman–Crippen MR) is 45.9 cm³/mol. The fraction of sp³-hybridized carbons (Fsp3) is 0.125. The molecule has 0 heterocycles. The summed E-state index contributed by atoms with van der Waals surface area (Å²) in [6, 6.07) is 5.25. The molecule has 0 unspecified atom stereocenters. The zero-order chi connectivity index (χ0) is 8.43. The van der Waals surface area contributed by atoms with Crippen molar-refractivity contribution >= 4 is 23.2 Å². The van der Waals surface area contributed by atoms with Crippen LogP contribution in [-0.2, 0) is 0 Å². The minimum absolute atomic E-state index is 0.434. The molecule has 0 aliphatic carbocycles. The summed E-state index contributed by atoms with van der Waals surface area (Å²) >= 11 is 11.5. The van der Waals surface area contributed by atoms with E-state index < -0.39 is 0 Å². The summed E-state index contributed by atoms with van der Waals surface area (Å²) in [4.78, 5) is 0. The van der Waals surface area contributed by atoms with Crippen LogP contribution in [0.2, 0.25) is 10.0 Å². The second kappa shape index (κ2) is 3.13. The van der Waals surface area contributed by atoms with Gasteiger partial charge in [0.1, 0.15) is 0 Å². The van der Waals surface area contributed by atoms with Crippen molar-refractivity contribution in [1.82, 2.24) is 0 Å². The van der Waals surface area contributed by atoms with Gasteiger partial charge in [0.15, 0.2) is 0 Å². The van der Waals surface area contributed by atoms with Crippen molar-refractivity contribution in [3.8, 4) is 6.07 Å². The maximum Gasteiger partial charge on any atom is 0.0992 e. The number of aryl methyl sites for hydroxylation is 1. The lowest BCUT2D eigenvalue weighted by atomic mass is 10.1. The lowest BCUT2D eigenvalue weighted by Crippen LogP contribution is -1.80. The topological polar surface area (TPSA) is 23.8 Å². The molecule has 1 rings (SSSR count). The Kier molecular flexibility index (Phi) is 2.38. The minimum Gasteiger partial charge on any atom is -0.192 e. The number of hydrogen-bond donors (Lipinski definition) is 0. The van der Waals surface area contributed by atoms with Gasteiger partial charge >= 0.3 is 0 Å². The van der Waals surface area contributed by atoms with Crippen LogP contribution in [-0.4, -0.2) is 0 Å². The fourth-order valence-electron chi connectivity index (χ4n) is 0.791. The van der Waals surface area contributed by atoms with Gasteiger partial charge in [-0.25, -0.2) is 0 Å². The molecule has 0 N–H and O–H groups in total. The fourth-order valence-corrected chi connectivity index (χ4v) is 1.17. The van der Waals surface area contributed by atoms with Crippen molar-refractivity contribution in [2.45, 2.75) is 6.92 Å². The molecule has 0 aliphatic rings. The van der Waals surface area contributed by atoms with Crippen LogP contribution < -0.4 is 0 Å². The average Bonchev–Trinajstić information content (AvgIpc) is 1.99. The number of rotatable bonds is 0. The number of nitriles is 1. The molecular formula is C8H5Cl2N. The summed E-state index contributed by atoms with van der Waals surface area (Å²) in [6.07, 6.45) is 0. The van der Waals surface area contributed by atoms with Crippen molar-refractivity contribution in [2.75, 3.05) is 0 Å². The molecule has 0 bridgehead atoms. The van der Waals surface area contributed by atoms with Gasteiger partial charge in [-0.15, -0.1) is 0 Å². The van der Waals surface area contributed by atoms with Crippen LogP contribution in [0.5, 0.6) is 0 Å². The summed E-state index contributed by atoms with van der Waals surface area (Å²) in [6.45, 7) is 1.81. The SMILES string of the molecule is Cc1cc(C#N)cc(Cl)c1Cl. The van der Waals surface area contributed by atoms with E-state index in [-0.39, 0.29) is 0 Å². The van der Waals surface area contributed by atoms with Crippen molar-refractivity contribution in [3.63, 3.8) is 0 Å². The van der Waals surface area contributed by atoms with Crippen molar-refractivity contribution < 1.29 is 0 Å². The quantitative estimate of drug-likeness (QED) is 0.610. The van der Waals surface area contributed by atoms with Gasteiger partial charge in [0.25, 0.3) is 0 Å². The van der Waals surface area contributed by atoms with Crippen LogP contribution in [0.3, 0.4) is 0 Å². The van der Waals surface area contributed by atoms with Crippen molar-refractivity contribution in [1.29, 1.82) is 5.26 Å². The second-order valence-electron chi connectivity index (χ2n) is 2.20. The Bertz CT molecular complexity index is 302. The Morgan fingerprint density at radius 2 is 2.00 bits per heavy atom. The molecule has 0 atom stereocenters. The second-order valence-corrected chi connectivity index (χ2v) is 2.99. The molecule has 0 saturated heterocycles. The Balaban J connectivity index is 3.35. The van der Waals surface area contributed by atoms with Gasteiger partial charge in [-0.3, -0.25) is 0 Å². The summed E-state index contributed by atoms with van der Waals surface area (Å²) < 4.78 is 0. The maximum atomic E-state index is 8.53. The smallest absolute Gasteiger partial charge is 0.0992 e. The first-order valence-electron chi connectivity index (χ1n) is 3.01. The molecule has 0 spiro atoms. The predicted octanol–water partition coefficient (Wildman–Crippen LogP) is 3.17. The van der Waals surface area contributed by atoms with Gasteiger partial charge in [0.2, 0.25) is 0 Å². The largest absolute Gasteiger partial charge is 0.192 e. The van der Waals surface area contributed by atoms with Crippen LogP contribution in [0.25, 0.3) is 0 Å². The molecule has 0 radical (unpaired) electrons. The highest BCUT2D eigenvalue weighted by Gasteiger charge is 2.02. The Morgan fingerprint density at radius 3 is 2.45 bits per heavy atom. The molecule has 3 heteroatoms. The summed E-state index contributed by atoms with van der Waals surface area (Å²) in [7, 11) is 0. The van der Waals surface area contributed by atoms with Crippen LogP contribution in [0, 0.1) is 18.3 Å². The molecule has 56 valence electrons. The third kappa shape index (κ3) is 1.65. The van der Waals surface area contributed by atoms with Crippen molar-refractivity contribution in [3.05, 3.63) is 33.3 Å². The normalized spacial score (nSPS) is 9.27. The molecule has 0 aliphatic heterocycles. The highest BCUT2D eigenvalue weighted by molar-refractivity contribution is 6.42. The lowest BCUT2D eigenvalue weighted by Gasteiger charge is -1.99. The molecule has 1 nitrogen and oxygen atoms in total. The molecule has 0 amide bonds. The third-order valence-corrected chi connectivity index (χ3v) is 2.24. The van der Waals surface area contributed by atoms with Gasteiger partial charge in [-0.1, -0.05) is 23.2 Å². The van der Waals surface area contributed by atoms with Crippen LogP contribution in [0.4, 0.5) is 0 Å². The van der Waals surface area contributed by atoms with Crippen molar-refractivity contribution in [2.24, 2.45) is 0 Å². The zero-order valence-electron chi connectivity index (χ0n) is 5.86. The van der Waals surface area contributed by atoms with E-state index in [1.54, 1.807) is 12.1 Å². The average molecular weight is 186 g/mol. The van der Waals surface area contributed by atoms with E-state index in [2.05, 4.69) is 0 Å². The van der Waals surface area contributed by atoms with E-state index in [1.165, 1.54) is 0 Å². The van der Waals surface area contributed by atoms with Crippen LogP contribution >= 0.6 is 23.2 Å². The number of halogens is 2. The molecule has 0 saturated carbocycles. The Hall–Kier alpha value is -0.710. The highest BCUT2D eigenvalue weighted by atomic mass is 35.5. The monoisotopic (exact) mass is 185 g/mol. The van der Waals surface area contributed by atoms with Crippen LogP contribution in [0.15, 0.2) is 12.1 Å². The number of benzene rings is 1. The molecule has 0 fully saturated rings. The molecule has 1 aromatic rings. The first kappa shape index (κ1) is 8.39. The van der Waals surface area contributed by atoms with E-state index in [0.29, 0.717) is 15.6 Å². The lowest BCUT2D eigenvalue weighted by molar-refractivity contribution is 1.42. The molecule has 1 aromatic carbocycles. The Morgan fingerprint density at radius 1 is 1.36 bits per heavy atom. The van der Waals surface area contributed by atoms with E-state index in [0.717, 1.165) is 5.56 Å². The highest BCUT2D eigenvalue weighted by Crippen LogP contribution is 2.26. The molecule has 11 heavy (non-hydrogen) atoms. The van der Waals surface area contributed by atoms with E-state index >= 15 is 0 Å². The van der Waals surface area contributed by atoms with Gasteiger partial charge < -0.3 is 0 Å². The summed E-state index contributed by atoms with van der Waals surface area (Å²) in [5.74, 6) is 0. The van der Waals surface area contributed by atoms with E-state index in [4.69, 9.17) is 28.5 Å². The maximum absolute atomic E-state index is 8.53. The third-order valence-electron chi connectivity index (χ3n) is 1.34. The first-order valence-corrected chi connectivity index (χ1v) is 3.76.